The van der Waals surface area contributed by atoms with E-state index in [-0.39, 0.29) is 0 Å². The first-order valence-electron chi connectivity index (χ1n) is 15.8. The zero-order valence-corrected chi connectivity index (χ0v) is 26.2. The molecule has 46 heavy (non-hydrogen) atoms. The van der Waals surface area contributed by atoms with Gasteiger partial charge in [-0.1, -0.05) is 24.3 Å². The Labute approximate surface area is 267 Å². The SMILES string of the molecule is c1ccc(-n2c3ccccc3c3c2ccc2c4cccc5c4n(c4cccc6c7c8c(ccc7n5c64)[se]c4ccccc48)c23)cc1. The number of rotatable bonds is 1. The summed E-state index contributed by atoms with van der Waals surface area (Å²) in [5.41, 5.74) is 11.3. The number of benzene rings is 7. The van der Waals surface area contributed by atoms with Gasteiger partial charge in [0, 0.05) is 0 Å². The summed E-state index contributed by atoms with van der Waals surface area (Å²) in [5.74, 6) is 0. The Hall–Kier alpha value is -5.54. The molecule has 0 aliphatic carbocycles. The smallest absolute Gasteiger partial charge is 0.0380 e. The molecule has 0 spiro atoms. The van der Waals surface area contributed by atoms with Crippen LogP contribution in [0, 0.1) is 0 Å². The zero-order chi connectivity index (χ0) is 29.7. The molecule has 7 aromatic carbocycles. The molecule has 0 atom stereocenters. The molecule has 0 saturated heterocycles. The van der Waals surface area contributed by atoms with Crippen molar-refractivity contribution in [2.24, 2.45) is 0 Å². The van der Waals surface area contributed by atoms with Gasteiger partial charge < -0.3 is 0 Å². The number of nitrogens with zero attached hydrogens (tertiary/aromatic N) is 3. The van der Waals surface area contributed by atoms with Crippen LogP contribution in [0.3, 0.4) is 0 Å². The van der Waals surface area contributed by atoms with E-state index in [4.69, 9.17) is 0 Å². The molecule has 4 heteroatoms. The molecule has 0 radical (unpaired) electrons. The van der Waals surface area contributed by atoms with Gasteiger partial charge in [0.2, 0.25) is 0 Å². The van der Waals surface area contributed by atoms with Crippen molar-refractivity contribution in [2.45, 2.75) is 0 Å². The molecule has 12 aromatic rings. The van der Waals surface area contributed by atoms with Gasteiger partial charge in [-0.15, -0.1) is 0 Å². The molecule has 0 bridgehead atoms. The predicted molar refractivity (Wildman–Crippen MR) is 196 cm³/mol. The molecule has 0 aliphatic heterocycles. The van der Waals surface area contributed by atoms with E-state index in [9.17, 15) is 0 Å². The molecule has 12 rings (SSSR count). The summed E-state index contributed by atoms with van der Waals surface area (Å²) in [6, 6.07) is 52.0. The Kier molecular flexibility index (Phi) is 4.23. The van der Waals surface area contributed by atoms with Gasteiger partial charge in [0.1, 0.15) is 0 Å². The van der Waals surface area contributed by atoms with Crippen LogP contribution in [0.15, 0.2) is 140 Å². The van der Waals surface area contributed by atoms with Gasteiger partial charge in [0.25, 0.3) is 0 Å². The maximum absolute atomic E-state index is 2.59. The van der Waals surface area contributed by atoms with Gasteiger partial charge in [-0.2, -0.15) is 0 Å². The molecule has 3 nitrogen and oxygen atoms in total. The Morgan fingerprint density at radius 1 is 0.326 bits per heavy atom. The fourth-order valence-corrected chi connectivity index (χ4v) is 11.0. The molecule has 0 fully saturated rings. The van der Waals surface area contributed by atoms with E-state index >= 15 is 0 Å². The number of fused-ring (bicyclic) bond motifs is 16. The second-order valence-corrected chi connectivity index (χ2v) is 14.8. The summed E-state index contributed by atoms with van der Waals surface area (Å²) in [6.45, 7) is 0. The van der Waals surface area contributed by atoms with Crippen LogP contribution < -0.4 is 0 Å². The van der Waals surface area contributed by atoms with Crippen LogP contribution >= 0.6 is 0 Å². The van der Waals surface area contributed by atoms with Crippen LogP contribution in [0.1, 0.15) is 0 Å². The van der Waals surface area contributed by atoms with Crippen LogP contribution in [-0.2, 0) is 0 Å². The van der Waals surface area contributed by atoms with Crippen molar-refractivity contribution in [2.75, 3.05) is 0 Å². The van der Waals surface area contributed by atoms with Crippen molar-refractivity contribution in [1.82, 2.24) is 13.4 Å². The molecular formula is C42H23N3Se. The third kappa shape index (κ3) is 2.66. The molecule has 212 valence electrons. The standard InChI is InChI=1S/C42H23N3Se/c1-2-10-24(11-3-1)43-30-16-6-4-12-27(30)38-32(43)21-20-26-25-14-8-17-33-40(25)45(42(26)38)34-18-9-15-29-37-31(44(33)41(29)34)22-23-36-39(37)28-13-5-7-19-35(28)46-36/h1-23H. The number of para-hydroxylation sites is 4. The Balaban J connectivity index is 1.38. The fraction of sp³-hybridized carbons (Fsp3) is 0. The molecule has 0 amide bonds. The molecule has 0 N–H and O–H groups in total. The Bertz CT molecular complexity index is 3240. The molecular weight excluding hydrogens is 625 g/mol. The average molecular weight is 649 g/mol. The normalized spacial score (nSPS) is 12.8. The second kappa shape index (κ2) is 8.18. The van der Waals surface area contributed by atoms with Crippen molar-refractivity contribution in [1.29, 1.82) is 0 Å². The van der Waals surface area contributed by atoms with E-state index in [1.807, 2.05) is 0 Å². The number of aromatic nitrogens is 3. The minimum absolute atomic E-state index is 0.326. The van der Waals surface area contributed by atoms with Crippen LogP contribution in [0.25, 0.3) is 101 Å². The van der Waals surface area contributed by atoms with E-state index in [2.05, 4.69) is 153 Å². The van der Waals surface area contributed by atoms with E-state index < -0.39 is 0 Å². The van der Waals surface area contributed by atoms with Crippen molar-refractivity contribution in [3.8, 4) is 5.69 Å². The first-order chi connectivity index (χ1) is 22.9. The van der Waals surface area contributed by atoms with E-state index in [0.717, 1.165) is 0 Å². The largest absolute Gasteiger partial charge is 0.0602 e. The van der Waals surface area contributed by atoms with E-state index in [1.54, 1.807) is 0 Å². The summed E-state index contributed by atoms with van der Waals surface area (Å²) < 4.78 is 10.5. The van der Waals surface area contributed by atoms with Gasteiger partial charge in [-0.3, -0.25) is 0 Å². The van der Waals surface area contributed by atoms with Gasteiger partial charge >= 0.3 is 232 Å². The van der Waals surface area contributed by atoms with Crippen molar-refractivity contribution >= 4 is 110 Å². The minimum Gasteiger partial charge on any atom is -0.0602 e. The monoisotopic (exact) mass is 649 g/mol. The Morgan fingerprint density at radius 2 is 0.978 bits per heavy atom. The van der Waals surface area contributed by atoms with Crippen LogP contribution in [0.4, 0.5) is 0 Å². The van der Waals surface area contributed by atoms with E-state index in [0.29, 0.717) is 14.5 Å². The minimum atomic E-state index is 0.326. The van der Waals surface area contributed by atoms with Gasteiger partial charge in [-0.05, 0) is 12.1 Å². The number of hydrogen-bond acceptors (Lipinski definition) is 0. The van der Waals surface area contributed by atoms with Crippen molar-refractivity contribution in [3.63, 3.8) is 0 Å². The maximum atomic E-state index is 2.59. The van der Waals surface area contributed by atoms with Crippen molar-refractivity contribution in [3.05, 3.63) is 140 Å². The van der Waals surface area contributed by atoms with Gasteiger partial charge in [0.15, 0.2) is 0 Å². The predicted octanol–water partition coefficient (Wildman–Crippen LogP) is 10.7. The first-order valence-corrected chi connectivity index (χ1v) is 17.5. The van der Waals surface area contributed by atoms with Crippen LogP contribution in [-0.4, -0.2) is 27.9 Å². The van der Waals surface area contributed by atoms with Gasteiger partial charge in [-0.25, -0.2) is 0 Å². The van der Waals surface area contributed by atoms with E-state index in [1.165, 1.54) is 101 Å². The number of hydrogen-bond donors (Lipinski definition) is 0. The van der Waals surface area contributed by atoms with Crippen molar-refractivity contribution < 1.29 is 0 Å². The van der Waals surface area contributed by atoms with Crippen LogP contribution in [0.5, 0.6) is 0 Å². The van der Waals surface area contributed by atoms with Gasteiger partial charge in [0.05, 0.1) is 0 Å². The quantitative estimate of drug-likeness (QED) is 0.124. The third-order valence-electron chi connectivity index (χ3n) is 10.3. The topological polar surface area (TPSA) is 13.8 Å². The second-order valence-electron chi connectivity index (χ2n) is 12.5. The molecule has 0 aliphatic rings. The summed E-state index contributed by atoms with van der Waals surface area (Å²) in [7, 11) is 0. The zero-order valence-electron chi connectivity index (χ0n) is 24.5. The third-order valence-corrected chi connectivity index (χ3v) is 12.7. The molecule has 5 aromatic heterocycles. The molecule has 0 unspecified atom stereocenters. The first kappa shape index (κ1) is 23.8. The average Bonchev–Trinajstić information content (AvgIpc) is 3.84. The summed E-state index contributed by atoms with van der Waals surface area (Å²) in [5, 5.41) is 10.7. The van der Waals surface area contributed by atoms with Crippen LogP contribution in [0.2, 0.25) is 0 Å². The molecule has 5 heterocycles. The summed E-state index contributed by atoms with van der Waals surface area (Å²) in [6.07, 6.45) is 0. The summed E-state index contributed by atoms with van der Waals surface area (Å²) >= 11 is 0.326. The fourth-order valence-electron chi connectivity index (χ4n) is 8.65. The maximum Gasteiger partial charge on any atom is -0.0380 e. The molecule has 0 saturated carbocycles. The summed E-state index contributed by atoms with van der Waals surface area (Å²) in [4.78, 5) is 0. The Morgan fingerprint density at radius 3 is 1.87 bits per heavy atom.